The van der Waals surface area contributed by atoms with Crippen LogP contribution in [-0.2, 0) is 9.53 Å². The molecule has 0 aromatic heterocycles. The van der Waals surface area contributed by atoms with Crippen molar-refractivity contribution >= 4 is 17.2 Å². The number of carbonyl (C=O) groups excluding carboxylic acids is 1. The average molecular weight is 259 g/mol. The first-order chi connectivity index (χ1) is 9.07. The van der Waals surface area contributed by atoms with Crippen molar-refractivity contribution in [3.63, 3.8) is 0 Å². The van der Waals surface area contributed by atoms with Crippen molar-refractivity contribution in [1.29, 1.82) is 0 Å². The van der Waals surface area contributed by atoms with Crippen molar-refractivity contribution in [3.05, 3.63) is 35.4 Å². The van der Waals surface area contributed by atoms with Gasteiger partial charge in [-0.2, -0.15) is 0 Å². The summed E-state index contributed by atoms with van der Waals surface area (Å²) in [5.74, 6) is -0.0819. The summed E-state index contributed by atoms with van der Waals surface area (Å²) in [6.45, 7) is 3.89. The maximum Gasteiger partial charge on any atom is 0.258 e. The summed E-state index contributed by atoms with van der Waals surface area (Å²) in [5.41, 5.74) is 3.79. The number of anilines is 1. The fourth-order valence-corrected chi connectivity index (χ4v) is 3.00. The highest BCUT2D eigenvalue weighted by atomic mass is 16.5. The largest absolute Gasteiger partial charge is 0.386 e. The van der Waals surface area contributed by atoms with Crippen LogP contribution in [0.1, 0.15) is 19.4 Å². The third-order valence-corrected chi connectivity index (χ3v) is 4.27. The molecule has 3 rings (SSSR count). The van der Waals surface area contributed by atoms with Gasteiger partial charge >= 0.3 is 0 Å². The molecule has 1 N–H and O–H groups in total. The van der Waals surface area contributed by atoms with E-state index in [0.29, 0.717) is 0 Å². The second-order valence-corrected chi connectivity index (χ2v) is 5.13. The molecule has 0 bridgehead atoms. The summed E-state index contributed by atoms with van der Waals surface area (Å²) in [7, 11) is 1.51. The molecule has 4 heteroatoms. The highest BCUT2D eigenvalue weighted by Crippen LogP contribution is 2.42. The summed E-state index contributed by atoms with van der Waals surface area (Å²) in [6, 6.07) is 7.43. The molecule has 0 saturated carbocycles. The molecule has 0 unspecified atom stereocenters. The molecule has 2 aliphatic rings. The van der Waals surface area contributed by atoms with E-state index in [1.807, 2.05) is 38.1 Å². The Morgan fingerprint density at radius 3 is 2.63 bits per heavy atom. The van der Waals surface area contributed by atoms with Crippen LogP contribution in [-0.4, -0.2) is 36.4 Å². The molecule has 1 aromatic carbocycles. The summed E-state index contributed by atoms with van der Waals surface area (Å²) >= 11 is 0. The summed E-state index contributed by atoms with van der Waals surface area (Å²) in [5, 5.41) is 10.5. The highest BCUT2D eigenvalue weighted by molar-refractivity contribution is 6.07. The quantitative estimate of drug-likeness (QED) is 0.779. The van der Waals surface area contributed by atoms with Gasteiger partial charge in [-0.3, -0.25) is 4.79 Å². The van der Waals surface area contributed by atoms with Gasteiger partial charge in [-0.15, -0.1) is 0 Å². The van der Waals surface area contributed by atoms with Crippen molar-refractivity contribution < 1.29 is 14.6 Å². The van der Waals surface area contributed by atoms with Crippen LogP contribution in [0.3, 0.4) is 0 Å². The van der Waals surface area contributed by atoms with Gasteiger partial charge in [-0.25, -0.2) is 0 Å². The number of aliphatic hydroxyl groups is 1. The molecular formula is C15H17NO3. The molecule has 3 atom stereocenters. The first kappa shape index (κ1) is 12.4. The Hall–Kier alpha value is -1.65. The van der Waals surface area contributed by atoms with E-state index >= 15 is 0 Å². The van der Waals surface area contributed by atoms with Gasteiger partial charge < -0.3 is 14.7 Å². The number of hydrogen-bond donors (Lipinski definition) is 1. The number of hydrogen-bond acceptors (Lipinski definition) is 3. The summed E-state index contributed by atoms with van der Waals surface area (Å²) in [4.78, 5) is 13.8. The predicted molar refractivity (Wildman–Crippen MR) is 72.8 cm³/mol. The van der Waals surface area contributed by atoms with E-state index in [1.165, 1.54) is 7.11 Å². The monoisotopic (exact) mass is 259 g/mol. The lowest BCUT2D eigenvalue weighted by Gasteiger charge is -2.47. The number of benzene rings is 1. The number of para-hydroxylation sites is 1. The average Bonchev–Trinajstić information content (AvgIpc) is 2.49. The van der Waals surface area contributed by atoms with Crippen LogP contribution in [0.2, 0.25) is 0 Å². The van der Waals surface area contributed by atoms with Gasteiger partial charge in [0.25, 0.3) is 5.91 Å². The van der Waals surface area contributed by atoms with Crippen LogP contribution in [0.5, 0.6) is 0 Å². The van der Waals surface area contributed by atoms with Crippen LogP contribution >= 0.6 is 0 Å². The van der Waals surface area contributed by atoms with E-state index < -0.39 is 12.2 Å². The molecule has 0 aliphatic carbocycles. The van der Waals surface area contributed by atoms with E-state index in [4.69, 9.17) is 4.74 Å². The van der Waals surface area contributed by atoms with Gasteiger partial charge in [0.05, 0.1) is 11.8 Å². The second kappa shape index (κ2) is 4.18. The topological polar surface area (TPSA) is 49.8 Å². The Morgan fingerprint density at radius 1 is 1.26 bits per heavy atom. The van der Waals surface area contributed by atoms with Crippen molar-refractivity contribution in [1.82, 2.24) is 0 Å². The predicted octanol–water partition coefficient (Wildman–Crippen LogP) is 1.58. The molecule has 2 heterocycles. The van der Waals surface area contributed by atoms with Gasteiger partial charge in [0, 0.05) is 12.7 Å². The van der Waals surface area contributed by atoms with Gasteiger partial charge in [0.2, 0.25) is 0 Å². The van der Waals surface area contributed by atoms with Crippen LogP contribution in [0.25, 0.3) is 5.57 Å². The normalized spacial score (nSPS) is 29.6. The SMILES string of the molecule is CO[C@@H]1C(=O)N2c3ccccc3C(C)=C(C)[C@@H](O)[C@H]12. The molecular weight excluding hydrogens is 242 g/mol. The minimum Gasteiger partial charge on any atom is -0.386 e. The van der Waals surface area contributed by atoms with Gasteiger partial charge in [0.1, 0.15) is 6.04 Å². The lowest BCUT2D eigenvalue weighted by Crippen LogP contribution is -2.70. The van der Waals surface area contributed by atoms with E-state index in [-0.39, 0.29) is 11.9 Å². The molecule has 4 nitrogen and oxygen atoms in total. The van der Waals surface area contributed by atoms with E-state index in [2.05, 4.69) is 0 Å². The van der Waals surface area contributed by atoms with Crippen molar-refractivity contribution in [2.24, 2.45) is 0 Å². The number of fused-ring (bicyclic) bond motifs is 3. The molecule has 100 valence electrons. The molecule has 0 radical (unpaired) electrons. The molecule has 1 fully saturated rings. The number of nitrogens with zero attached hydrogens (tertiary/aromatic N) is 1. The van der Waals surface area contributed by atoms with Crippen LogP contribution in [0, 0.1) is 0 Å². The van der Waals surface area contributed by atoms with E-state index in [0.717, 1.165) is 22.4 Å². The maximum absolute atomic E-state index is 12.2. The van der Waals surface area contributed by atoms with Gasteiger partial charge in [-0.1, -0.05) is 18.2 Å². The standard InChI is InChI=1S/C15H17NO3/c1-8-9(2)13(17)12-14(19-3)15(18)16(12)11-7-5-4-6-10(8)11/h4-7,12-14,17H,1-3H3/t12-,13-,14+/m1/s1. The molecule has 1 aromatic rings. The Labute approximate surface area is 112 Å². The van der Waals surface area contributed by atoms with Crippen LogP contribution in [0.15, 0.2) is 29.8 Å². The maximum atomic E-state index is 12.2. The number of β-lactam (4-membered cyclic amide) rings is 1. The van der Waals surface area contributed by atoms with Gasteiger partial charge in [-0.05, 0) is 31.1 Å². The lowest BCUT2D eigenvalue weighted by atomic mass is 9.89. The van der Waals surface area contributed by atoms with Crippen LogP contribution < -0.4 is 4.90 Å². The molecule has 19 heavy (non-hydrogen) atoms. The zero-order valence-corrected chi connectivity index (χ0v) is 11.3. The summed E-state index contributed by atoms with van der Waals surface area (Å²) < 4.78 is 5.22. The number of rotatable bonds is 1. The molecule has 2 aliphatic heterocycles. The smallest absolute Gasteiger partial charge is 0.258 e. The first-order valence-corrected chi connectivity index (χ1v) is 6.38. The zero-order valence-electron chi connectivity index (χ0n) is 11.3. The third-order valence-electron chi connectivity index (χ3n) is 4.27. The van der Waals surface area contributed by atoms with Crippen molar-refractivity contribution in [2.45, 2.75) is 32.1 Å². The van der Waals surface area contributed by atoms with Crippen molar-refractivity contribution in [2.75, 3.05) is 12.0 Å². The number of amides is 1. The molecule has 0 spiro atoms. The lowest BCUT2D eigenvalue weighted by molar-refractivity contribution is -0.142. The number of carbonyl (C=O) groups is 1. The van der Waals surface area contributed by atoms with Gasteiger partial charge in [0.15, 0.2) is 6.10 Å². The number of allylic oxidation sites excluding steroid dienone is 1. The number of ether oxygens (including phenoxy) is 1. The zero-order chi connectivity index (χ0) is 13.7. The van der Waals surface area contributed by atoms with Crippen LogP contribution in [0.4, 0.5) is 5.69 Å². The minimum atomic E-state index is -0.685. The second-order valence-electron chi connectivity index (χ2n) is 5.13. The fraction of sp³-hybridized carbons (Fsp3) is 0.400. The third kappa shape index (κ3) is 1.50. The molecule has 1 saturated heterocycles. The Morgan fingerprint density at radius 2 is 1.95 bits per heavy atom. The highest BCUT2D eigenvalue weighted by Gasteiger charge is 2.54. The Bertz CT molecular complexity index is 579. The fourth-order valence-electron chi connectivity index (χ4n) is 3.00. The van der Waals surface area contributed by atoms with E-state index in [9.17, 15) is 9.90 Å². The summed E-state index contributed by atoms with van der Waals surface area (Å²) in [6.07, 6.45) is -1.24. The Balaban J connectivity index is 2.19. The minimum absolute atomic E-state index is 0.0819. The number of aliphatic hydroxyl groups excluding tert-OH is 1. The Kier molecular flexibility index (Phi) is 2.73. The molecule has 1 amide bonds. The van der Waals surface area contributed by atoms with Crippen molar-refractivity contribution in [3.8, 4) is 0 Å². The van der Waals surface area contributed by atoms with E-state index in [1.54, 1.807) is 4.90 Å². The number of methoxy groups -OCH3 is 1. The first-order valence-electron chi connectivity index (χ1n) is 6.38.